The van der Waals surface area contributed by atoms with Gasteiger partial charge in [-0.05, 0) is 25.3 Å². The Morgan fingerprint density at radius 1 is 1.25 bits per heavy atom. The highest BCUT2D eigenvalue weighted by Crippen LogP contribution is 2.45. The average molecular weight is 383 g/mol. The monoisotopic (exact) mass is 383 g/mol. The van der Waals surface area contributed by atoms with Gasteiger partial charge in [0, 0.05) is 30.8 Å². The molecule has 1 amide bonds. The standard InChI is InChI=1S/C21H25N3O4/c1-3-28-19(25)13-23-18-11-15-9-10-17(16(18)12-22-23)24(15)21(26)20(27-2)14-7-5-4-6-8-14/h4-8,12,15,17,20H,3,9-11,13H2,1-2H3. The second-order valence-electron chi connectivity index (χ2n) is 7.23. The predicted octanol–water partition coefficient (Wildman–Crippen LogP) is 2.42. The molecule has 7 heteroatoms. The van der Waals surface area contributed by atoms with Crippen LogP contribution >= 0.6 is 0 Å². The second-order valence-corrected chi connectivity index (χ2v) is 7.23. The van der Waals surface area contributed by atoms with E-state index in [9.17, 15) is 9.59 Å². The van der Waals surface area contributed by atoms with Gasteiger partial charge in [-0.25, -0.2) is 0 Å². The van der Waals surface area contributed by atoms with Crippen molar-refractivity contribution in [2.45, 2.75) is 50.9 Å². The van der Waals surface area contributed by atoms with Crippen molar-refractivity contribution in [1.29, 1.82) is 0 Å². The van der Waals surface area contributed by atoms with E-state index in [1.165, 1.54) is 0 Å². The van der Waals surface area contributed by atoms with Crippen LogP contribution < -0.4 is 0 Å². The summed E-state index contributed by atoms with van der Waals surface area (Å²) in [6, 6.07) is 9.67. The van der Waals surface area contributed by atoms with Gasteiger partial charge in [-0.15, -0.1) is 0 Å². The Morgan fingerprint density at radius 3 is 2.75 bits per heavy atom. The highest BCUT2D eigenvalue weighted by Gasteiger charge is 2.46. The smallest absolute Gasteiger partial charge is 0.327 e. The van der Waals surface area contributed by atoms with E-state index in [1.807, 2.05) is 35.2 Å². The van der Waals surface area contributed by atoms with Crippen LogP contribution in [0, 0.1) is 0 Å². The summed E-state index contributed by atoms with van der Waals surface area (Å²) in [5.41, 5.74) is 2.94. The lowest BCUT2D eigenvalue weighted by Crippen LogP contribution is -2.44. The number of rotatable bonds is 6. The third-order valence-electron chi connectivity index (χ3n) is 5.67. The zero-order valence-electron chi connectivity index (χ0n) is 16.2. The number of ether oxygens (including phenoxy) is 2. The minimum Gasteiger partial charge on any atom is -0.465 e. The number of nitrogens with zero attached hydrogens (tertiary/aromatic N) is 3. The summed E-state index contributed by atoms with van der Waals surface area (Å²) in [4.78, 5) is 27.2. The number of carbonyl (C=O) groups is 2. The number of amides is 1. The van der Waals surface area contributed by atoms with Crippen LogP contribution in [0.4, 0.5) is 0 Å². The lowest BCUT2D eigenvalue weighted by molar-refractivity contribution is -0.146. The first-order valence-corrected chi connectivity index (χ1v) is 9.74. The third kappa shape index (κ3) is 3.20. The Kier molecular flexibility index (Phi) is 5.17. The van der Waals surface area contributed by atoms with Crippen LogP contribution in [0.5, 0.6) is 0 Å². The van der Waals surface area contributed by atoms with Gasteiger partial charge in [-0.2, -0.15) is 5.10 Å². The summed E-state index contributed by atoms with van der Waals surface area (Å²) in [6.45, 7) is 2.26. The number of carbonyl (C=O) groups excluding carboxylic acids is 2. The van der Waals surface area contributed by atoms with E-state index in [-0.39, 0.29) is 30.5 Å². The van der Waals surface area contributed by atoms with Gasteiger partial charge in [0.15, 0.2) is 6.10 Å². The predicted molar refractivity (Wildman–Crippen MR) is 101 cm³/mol. The van der Waals surface area contributed by atoms with Crippen molar-refractivity contribution in [3.63, 3.8) is 0 Å². The van der Waals surface area contributed by atoms with Gasteiger partial charge in [-0.1, -0.05) is 30.3 Å². The van der Waals surface area contributed by atoms with Gasteiger partial charge in [0.05, 0.1) is 18.8 Å². The Balaban J connectivity index is 1.59. The van der Waals surface area contributed by atoms with E-state index in [4.69, 9.17) is 9.47 Å². The number of hydrogen-bond donors (Lipinski definition) is 0. The summed E-state index contributed by atoms with van der Waals surface area (Å²) < 4.78 is 12.4. The molecule has 0 radical (unpaired) electrons. The fourth-order valence-corrected chi connectivity index (χ4v) is 4.48. The zero-order valence-corrected chi connectivity index (χ0v) is 16.2. The summed E-state index contributed by atoms with van der Waals surface area (Å²) >= 11 is 0. The zero-order chi connectivity index (χ0) is 19.7. The summed E-state index contributed by atoms with van der Waals surface area (Å²) in [6.07, 6.45) is 3.73. The van der Waals surface area contributed by atoms with E-state index in [1.54, 1.807) is 24.9 Å². The van der Waals surface area contributed by atoms with Crippen molar-refractivity contribution in [2.24, 2.45) is 0 Å². The molecule has 3 heterocycles. The fourth-order valence-electron chi connectivity index (χ4n) is 4.48. The number of benzene rings is 1. The molecule has 7 nitrogen and oxygen atoms in total. The van der Waals surface area contributed by atoms with Crippen molar-refractivity contribution in [3.05, 3.63) is 53.3 Å². The molecule has 28 heavy (non-hydrogen) atoms. The van der Waals surface area contributed by atoms with E-state index < -0.39 is 6.10 Å². The maximum Gasteiger partial charge on any atom is 0.327 e. The first kappa shape index (κ1) is 18.7. The van der Waals surface area contributed by atoms with E-state index >= 15 is 0 Å². The van der Waals surface area contributed by atoms with Crippen molar-refractivity contribution in [1.82, 2.24) is 14.7 Å². The van der Waals surface area contributed by atoms with Crippen LogP contribution in [0.3, 0.4) is 0 Å². The van der Waals surface area contributed by atoms with Crippen LogP contribution in [0.15, 0.2) is 36.5 Å². The topological polar surface area (TPSA) is 73.7 Å². The lowest BCUT2D eigenvalue weighted by atomic mass is 9.98. The highest BCUT2D eigenvalue weighted by atomic mass is 16.5. The van der Waals surface area contributed by atoms with E-state index in [0.29, 0.717) is 13.0 Å². The first-order valence-electron chi connectivity index (χ1n) is 9.74. The average Bonchev–Trinajstić information content (AvgIpc) is 3.24. The summed E-state index contributed by atoms with van der Waals surface area (Å²) in [7, 11) is 1.57. The molecule has 1 fully saturated rings. The van der Waals surface area contributed by atoms with Crippen LogP contribution in [0.2, 0.25) is 0 Å². The largest absolute Gasteiger partial charge is 0.465 e. The van der Waals surface area contributed by atoms with Crippen molar-refractivity contribution < 1.29 is 19.1 Å². The minimum absolute atomic E-state index is 0.00927. The molecule has 4 rings (SSSR count). The molecule has 2 aromatic rings. The number of hydrogen-bond acceptors (Lipinski definition) is 5. The minimum atomic E-state index is -0.611. The Hall–Kier alpha value is -2.67. The molecule has 1 aromatic heterocycles. The Morgan fingerprint density at radius 2 is 2.04 bits per heavy atom. The van der Waals surface area contributed by atoms with Gasteiger partial charge >= 0.3 is 5.97 Å². The number of aromatic nitrogens is 2. The maximum absolute atomic E-state index is 13.4. The van der Waals surface area contributed by atoms with E-state index in [2.05, 4.69) is 5.10 Å². The molecule has 2 bridgehead atoms. The quantitative estimate of drug-likeness (QED) is 0.717. The maximum atomic E-state index is 13.4. The van der Waals surface area contributed by atoms with Gasteiger partial charge in [0.25, 0.3) is 5.91 Å². The van der Waals surface area contributed by atoms with Crippen molar-refractivity contribution in [3.8, 4) is 0 Å². The van der Waals surface area contributed by atoms with Crippen LogP contribution in [0.1, 0.15) is 48.7 Å². The summed E-state index contributed by atoms with van der Waals surface area (Å²) in [5, 5.41) is 4.40. The fraction of sp³-hybridized carbons (Fsp3) is 0.476. The molecule has 0 spiro atoms. The Labute approximate surface area is 164 Å². The van der Waals surface area contributed by atoms with Crippen LogP contribution in [-0.4, -0.2) is 46.3 Å². The SMILES string of the molecule is CCOC(=O)Cn1ncc2c1CC1CCC2N1C(=O)C(OC)c1ccccc1. The second kappa shape index (κ2) is 7.75. The molecule has 0 aliphatic carbocycles. The summed E-state index contributed by atoms with van der Waals surface area (Å²) in [5.74, 6) is -0.298. The molecule has 2 aliphatic heterocycles. The van der Waals surface area contributed by atoms with Gasteiger partial charge in [0.2, 0.25) is 0 Å². The highest BCUT2D eigenvalue weighted by molar-refractivity contribution is 5.84. The van der Waals surface area contributed by atoms with Gasteiger partial charge < -0.3 is 14.4 Å². The molecule has 148 valence electrons. The van der Waals surface area contributed by atoms with Crippen LogP contribution in [0.25, 0.3) is 0 Å². The molecule has 2 aliphatic rings. The van der Waals surface area contributed by atoms with Crippen molar-refractivity contribution >= 4 is 11.9 Å². The van der Waals surface area contributed by atoms with Gasteiger partial charge in [0.1, 0.15) is 6.54 Å². The number of fused-ring (bicyclic) bond motifs is 4. The molecule has 0 saturated carbocycles. The molecule has 3 unspecified atom stereocenters. The van der Waals surface area contributed by atoms with E-state index in [0.717, 1.165) is 29.7 Å². The number of esters is 1. The molecule has 0 N–H and O–H groups in total. The molecular weight excluding hydrogens is 358 g/mol. The molecule has 1 aromatic carbocycles. The van der Waals surface area contributed by atoms with Crippen molar-refractivity contribution in [2.75, 3.05) is 13.7 Å². The normalized spacial score (nSPS) is 21.3. The molecular formula is C21H25N3O4. The molecule has 3 atom stereocenters. The Bertz CT molecular complexity index is 864. The van der Waals surface area contributed by atoms with Crippen LogP contribution in [-0.2, 0) is 32.0 Å². The van der Waals surface area contributed by atoms with Gasteiger partial charge in [-0.3, -0.25) is 14.3 Å². The molecule has 1 saturated heterocycles. The lowest BCUT2D eigenvalue weighted by Gasteiger charge is -2.37. The first-order chi connectivity index (χ1) is 13.6. The third-order valence-corrected chi connectivity index (χ3v) is 5.67. The number of methoxy groups -OCH3 is 1.